The molecule has 1 heteroatoms. The van der Waals surface area contributed by atoms with Crippen LogP contribution in [0.25, 0.3) is 0 Å². The molecule has 1 nitrogen and oxygen atoms in total. The average molecular weight is 212 g/mol. The van der Waals surface area contributed by atoms with E-state index >= 15 is 0 Å². The van der Waals surface area contributed by atoms with Gasteiger partial charge in [-0.15, -0.1) is 0 Å². The molecular formula is C15H16O. The van der Waals surface area contributed by atoms with Crippen LogP contribution in [0.3, 0.4) is 0 Å². The van der Waals surface area contributed by atoms with Crippen molar-refractivity contribution in [2.45, 2.75) is 12.8 Å². The molecule has 0 saturated heterocycles. The van der Waals surface area contributed by atoms with Crippen molar-refractivity contribution >= 4 is 5.78 Å². The molecule has 5 rings (SSSR count). The summed E-state index contributed by atoms with van der Waals surface area (Å²) in [6, 6.07) is 0. The minimum absolute atomic E-state index is 0.426. The third kappa shape index (κ3) is 0.687. The minimum atomic E-state index is 0.426. The second kappa shape index (κ2) is 2.37. The van der Waals surface area contributed by atoms with Gasteiger partial charge in [-0.2, -0.15) is 0 Å². The van der Waals surface area contributed by atoms with Gasteiger partial charge in [-0.05, 0) is 48.3 Å². The quantitative estimate of drug-likeness (QED) is 0.564. The molecule has 0 N–H and O–H groups in total. The van der Waals surface area contributed by atoms with E-state index in [0.29, 0.717) is 29.5 Å². The molecule has 0 aromatic carbocycles. The highest BCUT2D eigenvalue weighted by Gasteiger charge is 2.65. The summed E-state index contributed by atoms with van der Waals surface area (Å²) in [5.41, 5.74) is 0. The Balaban J connectivity index is 1.67. The van der Waals surface area contributed by atoms with Crippen molar-refractivity contribution in [3.63, 3.8) is 0 Å². The maximum Gasteiger partial charge on any atom is 0.140 e. The Kier molecular flexibility index (Phi) is 1.22. The molecule has 3 saturated carbocycles. The third-order valence-electron chi connectivity index (χ3n) is 6.14. The molecule has 5 aliphatic carbocycles. The predicted octanol–water partition coefficient (Wildman–Crippen LogP) is 2.45. The molecule has 0 radical (unpaired) electrons. The topological polar surface area (TPSA) is 17.1 Å². The number of fused-ring (bicyclic) bond motifs is 11. The molecule has 0 aromatic heterocycles. The van der Waals surface area contributed by atoms with Crippen molar-refractivity contribution in [1.29, 1.82) is 0 Å². The predicted molar refractivity (Wildman–Crippen MR) is 60.4 cm³/mol. The van der Waals surface area contributed by atoms with Crippen molar-refractivity contribution in [2.24, 2.45) is 47.3 Å². The van der Waals surface area contributed by atoms with E-state index < -0.39 is 0 Å². The summed E-state index contributed by atoms with van der Waals surface area (Å²) >= 11 is 0. The number of carbonyl (C=O) groups is 1. The molecular weight excluding hydrogens is 196 g/mol. The molecule has 0 amide bonds. The van der Waals surface area contributed by atoms with Gasteiger partial charge >= 0.3 is 0 Å². The van der Waals surface area contributed by atoms with E-state index in [0.717, 1.165) is 23.7 Å². The molecule has 3 fully saturated rings. The molecule has 8 atom stereocenters. The van der Waals surface area contributed by atoms with Gasteiger partial charge in [0, 0.05) is 11.8 Å². The number of allylic oxidation sites excluding steroid dienone is 4. The second-order valence-electron chi connectivity index (χ2n) is 6.51. The maximum absolute atomic E-state index is 12.6. The number of carbonyl (C=O) groups excluding carboxylic acids is 1. The number of Topliss-reactive ketones (excluding diaryl/α,β-unsaturated/α-hetero) is 1. The lowest BCUT2D eigenvalue weighted by Gasteiger charge is -2.28. The minimum Gasteiger partial charge on any atom is -0.299 e. The van der Waals surface area contributed by atoms with Crippen LogP contribution in [0.5, 0.6) is 0 Å². The van der Waals surface area contributed by atoms with E-state index in [1.165, 1.54) is 12.8 Å². The zero-order chi connectivity index (χ0) is 10.4. The van der Waals surface area contributed by atoms with Gasteiger partial charge in [0.2, 0.25) is 0 Å². The highest BCUT2D eigenvalue weighted by molar-refractivity contribution is 5.89. The molecule has 16 heavy (non-hydrogen) atoms. The normalized spacial score (nSPS) is 63.4. The van der Waals surface area contributed by atoms with Gasteiger partial charge in [0.25, 0.3) is 0 Å². The van der Waals surface area contributed by atoms with Crippen molar-refractivity contribution < 1.29 is 4.79 Å². The van der Waals surface area contributed by atoms with E-state index in [-0.39, 0.29) is 0 Å². The molecule has 0 aromatic rings. The molecule has 0 unspecified atom stereocenters. The number of hydrogen-bond donors (Lipinski definition) is 0. The Labute approximate surface area is 95.6 Å². The zero-order valence-corrected chi connectivity index (χ0v) is 9.25. The van der Waals surface area contributed by atoms with Crippen molar-refractivity contribution in [3.05, 3.63) is 24.3 Å². The first-order chi connectivity index (χ1) is 7.84. The summed E-state index contributed by atoms with van der Waals surface area (Å²) in [7, 11) is 0. The van der Waals surface area contributed by atoms with Gasteiger partial charge in [0.1, 0.15) is 5.78 Å². The van der Waals surface area contributed by atoms with Crippen LogP contribution in [0.4, 0.5) is 0 Å². The van der Waals surface area contributed by atoms with Gasteiger partial charge in [-0.1, -0.05) is 24.3 Å². The Morgan fingerprint density at radius 2 is 1.19 bits per heavy atom. The van der Waals surface area contributed by atoms with Crippen LogP contribution in [0.2, 0.25) is 0 Å². The lowest BCUT2D eigenvalue weighted by molar-refractivity contribution is -0.125. The monoisotopic (exact) mass is 212 g/mol. The highest BCUT2D eigenvalue weighted by Crippen LogP contribution is 2.66. The fourth-order valence-electron chi connectivity index (χ4n) is 5.79. The first-order valence-electron chi connectivity index (χ1n) is 6.75. The first kappa shape index (κ1) is 8.27. The second-order valence-corrected chi connectivity index (χ2v) is 6.51. The van der Waals surface area contributed by atoms with Crippen molar-refractivity contribution in [2.75, 3.05) is 0 Å². The van der Waals surface area contributed by atoms with E-state index in [2.05, 4.69) is 24.3 Å². The summed E-state index contributed by atoms with van der Waals surface area (Å²) in [6.45, 7) is 0. The number of ketones is 1. The van der Waals surface area contributed by atoms with Gasteiger partial charge in [0.05, 0.1) is 0 Å². The van der Waals surface area contributed by atoms with E-state index in [9.17, 15) is 4.79 Å². The Hall–Kier alpha value is -0.850. The standard InChI is InChI=1S/C15H16O/c16-15-13-9-3-1-7(5-9)11(13)12-8-2-4-10(6-8)14(12)15/h1-4,7-14H,5-6H2/t7-,8+,9-,10-,11-,12-,13-,14+/m0/s1. The average Bonchev–Trinajstić information content (AvgIpc) is 2.98. The zero-order valence-electron chi connectivity index (χ0n) is 9.25. The lowest BCUT2D eigenvalue weighted by Crippen LogP contribution is -2.24. The molecule has 0 spiro atoms. The molecule has 0 heterocycles. The summed E-state index contributed by atoms with van der Waals surface area (Å²) < 4.78 is 0. The summed E-state index contributed by atoms with van der Waals surface area (Å²) in [6.07, 6.45) is 12.1. The van der Waals surface area contributed by atoms with Gasteiger partial charge in [-0.3, -0.25) is 4.79 Å². The van der Waals surface area contributed by atoms with E-state index in [1.807, 2.05) is 0 Å². The Bertz CT molecular complexity index is 406. The lowest BCUT2D eigenvalue weighted by atomic mass is 9.75. The Morgan fingerprint density at radius 1 is 0.750 bits per heavy atom. The third-order valence-corrected chi connectivity index (χ3v) is 6.14. The van der Waals surface area contributed by atoms with Gasteiger partial charge in [-0.25, -0.2) is 0 Å². The van der Waals surface area contributed by atoms with Crippen LogP contribution < -0.4 is 0 Å². The summed E-state index contributed by atoms with van der Waals surface area (Å²) in [5.74, 6) is 5.69. The molecule has 0 aliphatic heterocycles. The first-order valence-corrected chi connectivity index (χ1v) is 6.75. The van der Waals surface area contributed by atoms with Crippen LogP contribution >= 0.6 is 0 Å². The Morgan fingerprint density at radius 3 is 1.69 bits per heavy atom. The van der Waals surface area contributed by atoms with Gasteiger partial charge in [0.15, 0.2) is 0 Å². The molecule has 5 aliphatic rings. The number of hydrogen-bond acceptors (Lipinski definition) is 1. The van der Waals surface area contributed by atoms with Crippen LogP contribution in [0.1, 0.15) is 12.8 Å². The van der Waals surface area contributed by atoms with Gasteiger partial charge < -0.3 is 0 Å². The maximum atomic E-state index is 12.6. The van der Waals surface area contributed by atoms with Crippen LogP contribution in [0, 0.1) is 47.3 Å². The SMILES string of the molecule is O=C1[C@@H]2[C@H]([C@H]3[C@H]1[C@H]1C=C[C@@H]3C1)[C@H]1C=C[C@H]2C1. The molecule has 82 valence electrons. The largest absolute Gasteiger partial charge is 0.299 e. The number of rotatable bonds is 0. The summed E-state index contributed by atoms with van der Waals surface area (Å²) in [5, 5.41) is 0. The smallest absolute Gasteiger partial charge is 0.140 e. The summed E-state index contributed by atoms with van der Waals surface area (Å²) in [4.78, 5) is 12.6. The highest BCUT2D eigenvalue weighted by atomic mass is 16.1. The molecule has 4 bridgehead atoms. The van der Waals surface area contributed by atoms with E-state index in [1.54, 1.807) is 0 Å². The van der Waals surface area contributed by atoms with Crippen LogP contribution in [0.15, 0.2) is 24.3 Å². The van der Waals surface area contributed by atoms with Crippen molar-refractivity contribution in [3.8, 4) is 0 Å². The van der Waals surface area contributed by atoms with Crippen LogP contribution in [-0.4, -0.2) is 5.78 Å². The van der Waals surface area contributed by atoms with Crippen LogP contribution in [-0.2, 0) is 4.79 Å². The van der Waals surface area contributed by atoms with Crippen molar-refractivity contribution in [1.82, 2.24) is 0 Å². The fourth-order valence-corrected chi connectivity index (χ4v) is 5.79. The fraction of sp³-hybridized carbons (Fsp3) is 0.667. The van der Waals surface area contributed by atoms with E-state index in [4.69, 9.17) is 0 Å².